The summed E-state index contributed by atoms with van der Waals surface area (Å²) in [5.74, 6) is 1.25. The molecule has 5 rings (SSSR count). The quantitative estimate of drug-likeness (QED) is 0.512. The van der Waals surface area contributed by atoms with E-state index in [4.69, 9.17) is 0 Å². The van der Waals surface area contributed by atoms with Crippen molar-refractivity contribution in [2.24, 2.45) is 5.92 Å². The van der Waals surface area contributed by atoms with E-state index >= 15 is 0 Å². The Kier molecular flexibility index (Phi) is 6.03. The predicted molar refractivity (Wildman–Crippen MR) is 130 cm³/mol. The molecule has 0 saturated carbocycles. The molecule has 0 bridgehead atoms. The lowest BCUT2D eigenvalue weighted by molar-refractivity contribution is 0.0645. The molecule has 1 fully saturated rings. The van der Waals surface area contributed by atoms with Crippen LogP contribution in [0.3, 0.4) is 0 Å². The third-order valence-corrected chi connectivity index (χ3v) is 7.41. The summed E-state index contributed by atoms with van der Waals surface area (Å²) in [4.78, 5) is 29.3. The second-order valence-electron chi connectivity index (χ2n) is 9.66. The number of carbonyl (C=O) groups excluding carboxylic acids is 1. The van der Waals surface area contributed by atoms with Gasteiger partial charge in [0.1, 0.15) is 16.7 Å². The van der Waals surface area contributed by atoms with E-state index in [0.29, 0.717) is 46.6 Å². The average Bonchev–Trinajstić information content (AvgIpc) is 3.39. The lowest BCUT2D eigenvalue weighted by Gasteiger charge is -2.23. The molecule has 9 heteroatoms. The first-order valence-electron chi connectivity index (χ1n) is 11.6. The first kappa shape index (κ1) is 22.2. The Balaban J connectivity index is 1.41. The minimum Gasteiger partial charge on any atom is -0.390 e. The largest absolute Gasteiger partial charge is 0.390 e. The molecule has 0 aliphatic carbocycles. The van der Waals surface area contributed by atoms with Crippen molar-refractivity contribution >= 4 is 39.1 Å². The Morgan fingerprint density at radius 2 is 2.06 bits per heavy atom. The third-order valence-electron chi connectivity index (χ3n) is 6.45. The molecule has 1 unspecified atom stereocenters. The maximum atomic E-state index is 12.8. The molecule has 1 aromatic carbocycles. The van der Waals surface area contributed by atoms with E-state index in [1.54, 1.807) is 6.33 Å². The standard InChI is InChI=1S/C24H30N6O2S/c1-24(2,32)11-16-13-30(18-6-4-3-5-17(16)18)20-19-22(28-14-27-20)33-23(29-19)21(31)26-12-15-7-9-25-10-8-15/h3-6,14-16,25,32H,7-13H2,1-2H3,(H,26,31). The first-order chi connectivity index (χ1) is 15.9. The van der Waals surface area contributed by atoms with Crippen molar-refractivity contribution in [1.29, 1.82) is 0 Å². The summed E-state index contributed by atoms with van der Waals surface area (Å²) < 4.78 is 0. The molecule has 8 nitrogen and oxygen atoms in total. The Morgan fingerprint density at radius 1 is 1.27 bits per heavy atom. The third kappa shape index (κ3) is 4.71. The van der Waals surface area contributed by atoms with Crippen molar-refractivity contribution in [3.8, 4) is 0 Å². The van der Waals surface area contributed by atoms with Gasteiger partial charge < -0.3 is 20.6 Å². The number of piperidine rings is 1. The van der Waals surface area contributed by atoms with Crippen LogP contribution < -0.4 is 15.5 Å². The van der Waals surface area contributed by atoms with Crippen molar-refractivity contribution in [3.63, 3.8) is 0 Å². The summed E-state index contributed by atoms with van der Waals surface area (Å²) in [6, 6.07) is 8.23. The minimum atomic E-state index is -0.769. The highest BCUT2D eigenvalue weighted by molar-refractivity contribution is 7.19. The molecule has 0 radical (unpaired) electrons. The number of anilines is 2. The molecule has 2 aromatic heterocycles. The number of thiazole rings is 1. The zero-order valence-corrected chi connectivity index (χ0v) is 19.9. The van der Waals surface area contributed by atoms with Crippen molar-refractivity contribution in [3.05, 3.63) is 41.2 Å². The highest BCUT2D eigenvalue weighted by Gasteiger charge is 2.34. The Hall–Kier alpha value is -2.62. The van der Waals surface area contributed by atoms with Crippen LogP contribution in [0.15, 0.2) is 30.6 Å². The van der Waals surface area contributed by atoms with Crippen LogP contribution in [0.2, 0.25) is 0 Å². The molecule has 1 atom stereocenters. The van der Waals surface area contributed by atoms with Gasteiger partial charge in [-0.3, -0.25) is 4.79 Å². The van der Waals surface area contributed by atoms with Crippen LogP contribution in [0, 0.1) is 5.92 Å². The molecular formula is C24H30N6O2S. The highest BCUT2D eigenvalue weighted by Crippen LogP contribution is 2.44. The van der Waals surface area contributed by atoms with Gasteiger partial charge in [-0.2, -0.15) is 0 Å². The fourth-order valence-electron chi connectivity index (χ4n) is 4.91. The molecule has 2 aliphatic heterocycles. The fraction of sp³-hybridized carbons (Fsp3) is 0.500. The van der Waals surface area contributed by atoms with E-state index in [2.05, 4.69) is 42.6 Å². The summed E-state index contributed by atoms with van der Waals surface area (Å²) in [5, 5.41) is 17.3. The maximum absolute atomic E-state index is 12.8. The van der Waals surface area contributed by atoms with Gasteiger partial charge in [0, 0.05) is 24.7 Å². The van der Waals surface area contributed by atoms with E-state index < -0.39 is 5.60 Å². The number of nitrogens with one attached hydrogen (secondary N) is 2. The number of para-hydroxylation sites is 1. The van der Waals surface area contributed by atoms with Crippen LogP contribution in [-0.4, -0.2) is 57.7 Å². The van der Waals surface area contributed by atoms with E-state index in [1.807, 2.05) is 26.0 Å². The average molecular weight is 467 g/mol. The van der Waals surface area contributed by atoms with Crippen LogP contribution in [0.1, 0.15) is 54.4 Å². The second kappa shape index (κ2) is 8.96. The van der Waals surface area contributed by atoms with Crippen LogP contribution >= 0.6 is 11.3 Å². The van der Waals surface area contributed by atoms with Gasteiger partial charge in [0.05, 0.1) is 5.60 Å². The van der Waals surface area contributed by atoms with Gasteiger partial charge in [-0.1, -0.05) is 29.5 Å². The van der Waals surface area contributed by atoms with Crippen LogP contribution in [0.5, 0.6) is 0 Å². The second-order valence-corrected chi connectivity index (χ2v) is 10.6. The monoisotopic (exact) mass is 466 g/mol. The summed E-state index contributed by atoms with van der Waals surface area (Å²) in [5.41, 5.74) is 2.14. The number of hydrogen-bond acceptors (Lipinski definition) is 8. The number of carbonyl (C=O) groups is 1. The molecular weight excluding hydrogens is 436 g/mol. The highest BCUT2D eigenvalue weighted by atomic mass is 32.1. The van der Waals surface area contributed by atoms with E-state index in [1.165, 1.54) is 16.9 Å². The predicted octanol–water partition coefficient (Wildman–Crippen LogP) is 3.21. The summed E-state index contributed by atoms with van der Waals surface area (Å²) in [7, 11) is 0. The number of aliphatic hydroxyl groups is 1. The molecule has 1 saturated heterocycles. The summed E-state index contributed by atoms with van der Waals surface area (Å²) >= 11 is 1.30. The SMILES string of the molecule is CC(C)(O)CC1CN(c2ncnc3sc(C(=O)NCC4CCNCC4)nc23)c2ccccc21. The number of aromatic nitrogens is 3. The zero-order chi connectivity index (χ0) is 23.0. The molecule has 2 aliphatic rings. The van der Waals surface area contributed by atoms with E-state index in [0.717, 1.165) is 31.6 Å². The topological polar surface area (TPSA) is 103 Å². The van der Waals surface area contributed by atoms with Gasteiger partial charge in [0.15, 0.2) is 10.8 Å². The van der Waals surface area contributed by atoms with Gasteiger partial charge in [0.25, 0.3) is 5.91 Å². The fourth-order valence-corrected chi connectivity index (χ4v) is 5.73. The molecule has 3 N–H and O–H groups in total. The van der Waals surface area contributed by atoms with Gasteiger partial charge in [-0.25, -0.2) is 15.0 Å². The molecule has 3 aromatic rings. The minimum absolute atomic E-state index is 0.149. The van der Waals surface area contributed by atoms with Crippen LogP contribution in [-0.2, 0) is 0 Å². The maximum Gasteiger partial charge on any atom is 0.280 e. The number of benzene rings is 1. The van der Waals surface area contributed by atoms with E-state index in [-0.39, 0.29) is 11.8 Å². The van der Waals surface area contributed by atoms with Gasteiger partial charge >= 0.3 is 0 Å². The smallest absolute Gasteiger partial charge is 0.280 e. The number of hydrogen-bond donors (Lipinski definition) is 3. The van der Waals surface area contributed by atoms with Crippen molar-refractivity contribution in [2.45, 2.75) is 44.6 Å². The van der Waals surface area contributed by atoms with Crippen LogP contribution in [0.25, 0.3) is 10.3 Å². The normalized spacial score (nSPS) is 19.1. The van der Waals surface area contributed by atoms with Gasteiger partial charge in [-0.05, 0) is 63.7 Å². The lowest BCUT2D eigenvalue weighted by atomic mass is 9.89. The first-order valence-corrected chi connectivity index (χ1v) is 12.4. The molecule has 4 heterocycles. The number of rotatable bonds is 6. The molecule has 33 heavy (non-hydrogen) atoms. The van der Waals surface area contributed by atoms with Crippen molar-refractivity contribution < 1.29 is 9.90 Å². The summed E-state index contributed by atoms with van der Waals surface area (Å²) in [6.45, 7) is 7.07. The van der Waals surface area contributed by atoms with Gasteiger partial charge in [0.2, 0.25) is 0 Å². The molecule has 1 amide bonds. The summed E-state index contributed by atoms with van der Waals surface area (Å²) in [6.07, 6.45) is 4.35. The lowest BCUT2D eigenvalue weighted by Crippen LogP contribution is -2.35. The molecule has 0 spiro atoms. The van der Waals surface area contributed by atoms with Crippen LogP contribution in [0.4, 0.5) is 11.5 Å². The Bertz CT molecular complexity index is 1150. The Morgan fingerprint density at radius 3 is 2.85 bits per heavy atom. The number of nitrogens with zero attached hydrogens (tertiary/aromatic N) is 4. The van der Waals surface area contributed by atoms with Crippen molar-refractivity contribution in [2.75, 3.05) is 31.1 Å². The van der Waals surface area contributed by atoms with Gasteiger partial charge in [-0.15, -0.1) is 0 Å². The zero-order valence-electron chi connectivity index (χ0n) is 19.0. The van der Waals surface area contributed by atoms with E-state index in [9.17, 15) is 9.90 Å². The number of amides is 1. The van der Waals surface area contributed by atoms with Crippen molar-refractivity contribution in [1.82, 2.24) is 25.6 Å². The number of fused-ring (bicyclic) bond motifs is 2. The Labute approximate surface area is 197 Å². The molecule has 174 valence electrons.